The van der Waals surface area contributed by atoms with Gasteiger partial charge in [0.25, 0.3) is 5.91 Å². The van der Waals surface area contributed by atoms with Crippen LogP contribution in [0.15, 0.2) is 0 Å². The highest BCUT2D eigenvalue weighted by atomic mass is 16.5. The number of hydrogen-bond acceptors (Lipinski definition) is 4. The van der Waals surface area contributed by atoms with E-state index in [1.165, 1.54) is 0 Å². The summed E-state index contributed by atoms with van der Waals surface area (Å²) >= 11 is 0. The Morgan fingerprint density at radius 2 is 1.78 bits per heavy atom. The summed E-state index contributed by atoms with van der Waals surface area (Å²) in [4.78, 5) is 24.8. The molecule has 4 bridgehead atoms. The van der Waals surface area contributed by atoms with Crippen molar-refractivity contribution in [2.75, 3.05) is 6.54 Å². The molecule has 0 radical (unpaired) electrons. The molecule has 3 atom stereocenters. The van der Waals surface area contributed by atoms with E-state index < -0.39 is 17.1 Å². The third-order valence-electron chi connectivity index (χ3n) is 5.80. The molecule has 0 unspecified atom stereocenters. The van der Waals surface area contributed by atoms with Crippen LogP contribution in [0.4, 0.5) is 0 Å². The summed E-state index contributed by atoms with van der Waals surface area (Å²) in [6.45, 7) is 6.25. The van der Waals surface area contributed by atoms with Crippen molar-refractivity contribution in [3.63, 3.8) is 0 Å². The Kier molecular flexibility index (Phi) is 4.20. The molecule has 0 aromatic rings. The van der Waals surface area contributed by atoms with E-state index in [0.29, 0.717) is 30.7 Å². The Morgan fingerprint density at radius 3 is 2.30 bits per heavy atom. The SMILES string of the molecule is CC(C)CNC(=O)[C@H](C)OC(=O)C12C[C@H]3C[C@@H](CC(O)(C3)C1)C2. The van der Waals surface area contributed by atoms with Gasteiger partial charge in [-0.25, -0.2) is 0 Å². The Hall–Kier alpha value is -1.10. The van der Waals surface area contributed by atoms with E-state index >= 15 is 0 Å². The zero-order valence-electron chi connectivity index (χ0n) is 14.4. The molecule has 0 aromatic carbocycles. The Labute approximate surface area is 138 Å². The summed E-state index contributed by atoms with van der Waals surface area (Å²) in [5, 5.41) is 13.5. The Morgan fingerprint density at radius 1 is 1.17 bits per heavy atom. The quantitative estimate of drug-likeness (QED) is 0.759. The molecule has 4 rings (SSSR count). The fraction of sp³-hybridized carbons (Fsp3) is 0.889. The van der Waals surface area contributed by atoms with Gasteiger partial charge in [-0.2, -0.15) is 0 Å². The molecule has 23 heavy (non-hydrogen) atoms. The van der Waals surface area contributed by atoms with Crippen LogP contribution < -0.4 is 5.32 Å². The van der Waals surface area contributed by atoms with Gasteiger partial charge in [0.05, 0.1) is 11.0 Å². The van der Waals surface area contributed by atoms with Gasteiger partial charge >= 0.3 is 5.97 Å². The zero-order valence-corrected chi connectivity index (χ0v) is 14.4. The van der Waals surface area contributed by atoms with Crippen molar-refractivity contribution in [3.8, 4) is 0 Å². The highest BCUT2D eigenvalue weighted by Gasteiger charge is 2.61. The van der Waals surface area contributed by atoms with Gasteiger partial charge in [-0.05, 0) is 63.2 Å². The van der Waals surface area contributed by atoms with Gasteiger partial charge in [0, 0.05) is 6.54 Å². The van der Waals surface area contributed by atoms with Crippen LogP contribution >= 0.6 is 0 Å². The van der Waals surface area contributed by atoms with Crippen molar-refractivity contribution in [3.05, 3.63) is 0 Å². The summed E-state index contributed by atoms with van der Waals surface area (Å²) in [5.41, 5.74) is -1.25. The molecular formula is C18H29NO4. The van der Waals surface area contributed by atoms with E-state index in [2.05, 4.69) is 5.32 Å². The van der Waals surface area contributed by atoms with Crippen LogP contribution in [0.25, 0.3) is 0 Å². The molecule has 4 fully saturated rings. The second-order valence-corrected chi connectivity index (χ2v) is 8.65. The molecule has 0 heterocycles. The lowest BCUT2D eigenvalue weighted by molar-refractivity contribution is -0.200. The van der Waals surface area contributed by atoms with Gasteiger partial charge in [0.15, 0.2) is 6.10 Å². The van der Waals surface area contributed by atoms with Crippen molar-refractivity contribution < 1.29 is 19.4 Å². The summed E-state index contributed by atoms with van der Waals surface area (Å²) in [6.07, 6.45) is 4.12. The number of carbonyl (C=O) groups is 2. The minimum atomic E-state index is -0.774. The van der Waals surface area contributed by atoms with Crippen molar-refractivity contribution in [2.45, 2.75) is 71.0 Å². The third kappa shape index (κ3) is 3.25. The Bertz CT molecular complexity index is 487. The van der Waals surface area contributed by atoms with E-state index in [1.54, 1.807) is 6.92 Å². The van der Waals surface area contributed by atoms with Crippen molar-refractivity contribution in [2.24, 2.45) is 23.2 Å². The number of nitrogens with one attached hydrogen (secondary N) is 1. The predicted octanol–water partition coefficient (Wildman–Crippen LogP) is 2.02. The average molecular weight is 323 g/mol. The first-order valence-corrected chi connectivity index (χ1v) is 8.93. The highest BCUT2D eigenvalue weighted by molar-refractivity contribution is 5.85. The fourth-order valence-electron chi connectivity index (χ4n) is 5.24. The number of rotatable bonds is 5. The van der Waals surface area contributed by atoms with E-state index in [9.17, 15) is 14.7 Å². The summed E-state index contributed by atoms with van der Waals surface area (Å²) in [6, 6.07) is 0. The molecule has 4 saturated carbocycles. The smallest absolute Gasteiger partial charge is 0.312 e. The lowest BCUT2D eigenvalue weighted by Gasteiger charge is -2.58. The van der Waals surface area contributed by atoms with Gasteiger partial charge in [0.2, 0.25) is 0 Å². The van der Waals surface area contributed by atoms with Gasteiger partial charge < -0.3 is 15.2 Å². The van der Waals surface area contributed by atoms with E-state index in [4.69, 9.17) is 4.74 Å². The first kappa shape index (κ1) is 16.7. The average Bonchev–Trinajstić information content (AvgIpc) is 2.41. The number of esters is 1. The predicted molar refractivity (Wildman–Crippen MR) is 85.5 cm³/mol. The normalized spacial score (nSPS) is 39.3. The van der Waals surface area contributed by atoms with E-state index in [1.807, 2.05) is 13.8 Å². The van der Waals surface area contributed by atoms with E-state index in [0.717, 1.165) is 32.1 Å². The van der Waals surface area contributed by atoms with Crippen LogP contribution in [0.2, 0.25) is 0 Å². The number of ether oxygens (including phenoxy) is 1. The van der Waals surface area contributed by atoms with Crippen LogP contribution in [0.1, 0.15) is 59.3 Å². The van der Waals surface area contributed by atoms with Crippen LogP contribution in [-0.2, 0) is 14.3 Å². The minimum absolute atomic E-state index is 0.240. The molecule has 5 heteroatoms. The number of hydrogen-bond donors (Lipinski definition) is 2. The lowest BCUT2D eigenvalue weighted by Crippen LogP contribution is -2.59. The molecule has 4 aliphatic rings. The van der Waals surface area contributed by atoms with Crippen molar-refractivity contribution in [1.82, 2.24) is 5.32 Å². The molecule has 1 amide bonds. The maximum absolute atomic E-state index is 12.8. The highest BCUT2D eigenvalue weighted by Crippen LogP contribution is 2.62. The monoisotopic (exact) mass is 323 g/mol. The lowest BCUT2D eigenvalue weighted by atomic mass is 9.48. The van der Waals surface area contributed by atoms with Gasteiger partial charge in [0.1, 0.15) is 0 Å². The molecular weight excluding hydrogens is 294 g/mol. The molecule has 5 nitrogen and oxygen atoms in total. The molecule has 0 spiro atoms. The topological polar surface area (TPSA) is 75.6 Å². The molecule has 0 saturated heterocycles. The van der Waals surface area contributed by atoms with Crippen LogP contribution in [0.3, 0.4) is 0 Å². The second-order valence-electron chi connectivity index (χ2n) is 8.65. The molecule has 0 aliphatic heterocycles. The molecule has 4 aliphatic carbocycles. The maximum atomic E-state index is 12.8. The van der Waals surface area contributed by atoms with Crippen LogP contribution in [-0.4, -0.2) is 35.2 Å². The van der Waals surface area contributed by atoms with Crippen molar-refractivity contribution in [1.29, 1.82) is 0 Å². The largest absolute Gasteiger partial charge is 0.452 e. The van der Waals surface area contributed by atoms with Gasteiger partial charge in [-0.1, -0.05) is 13.8 Å². The first-order valence-electron chi connectivity index (χ1n) is 8.93. The van der Waals surface area contributed by atoms with Gasteiger partial charge in [-0.15, -0.1) is 0 Å². The van der Waals surface area contributed by atoms with Crippen molar-refractivity contribution >= 4 is 11.9 Å². The molecule has 0 aromatic heterocycles. The third-order valence-corrected chi connectivity index (χ3v) is 5.80. The summed E-state index contributed by atoms with van der Waals surface area (Å²) < 4.78 is 5.51. The maximum Gasteiger partial charge on any atom is 0.312 e. The number of carbonyl (C=O) groups excluding carboxylic acids is 2. The number of amides is 1. The summed E-state index contributed by atoms with van der Waals surface area (Å²) in [5.74, 6) is 0.699. The van der Waals surface area contributed by atoms with Crippen LogP contribution in [0.5, 0.6) is 0 Å². The number of aliphatic hydroxyl groups is 1. The van der Waals surface area contributed by atoms with Crippen LogP contribution in [0, 0.1) is 23.2 Å². The first-order chi connectivity index (χ1) is 10.7. The summed E-state index contributed by atoms with van der Waals surface area (Å²) in [7, 11) is 0. The van der Waals surface area contributed by atoms with Gasteiger partial charge in [-0.3, -0.25) is 9.59 Å². The van der Waals surface area contributed by atoms with E-state index in [-0.39, 0.29) is 11.9 Å². The Balaban J connectivity index is 1.63. The fourth-order valence-corrected chi connectivity index (χ4v) is 5.24. The standard InChI is InChI=1S/C18H29NO4/c1-11(2)9-19-15(20)12(3)23-16(21)17-5-13-4-14(6-17)8-18(22,7-13)10-17/h11-14,22H,4-10H2,1-3H3,(H,19,20)/t12-,13+,14+,17?,18?/m0/s1. The zero-order chi connectivity index (χ0) is 16.8. The second kappa shape index (κ2) is 5.76. The molecule has 2 N–H and O–H groups in total. The minimum Gasteiger partial charge on any atom is -0.452 e. The molecule has 130 valence electrons.